The summed E-state index contributed by atoms with van der Waals surface area (Å²) in [5.74, 6) is 2.32. The van der Waals surface area contributed by atoms with Crippen molar-refractivity contribution in [3.05, 3.63) is 39.5 Å². The number of aryl methyl sites for hydroxylation is 1. The van der Waals surface area contributed by atoms with E-state index in [9.17, 15) is 10.2 Å². The van der Waals surface area contributed by atoms with Crippen LogP contribution in [0.2, 0.25) is 13.3 Å². The van der Waals surface area contributed by atoms with E-state index in [4.69, 9.17) is 0 Å². The number of unbranched alkanes of at least 4 members (excludes halogenated alkanes) is 3. The maximum atomic E-state index is 12.3. The number of aromatic hydroxyl groups is 1. The molecule has 2 fully saturated rings. The van der Waals surface area contributed by atoms with Crippen molar-refractivity contribution in [1.82, 2.24) is 0 Å². The van der Waals surface area contributed by atoms with Gasteiger partial charge in [-0.15, -0.1) is 0 Å². The van der Waals surface area contributed by atoms with Gasteiger partial charge in [0.15, 0.2) is 0 Å². The normalized spacial score (nSPS) is 32.4. The molecule has 0 aromatic heterocycles. The molecule has 1 aromatic rings. The van der Waals surface area contributed by atoms with Crippen molar-refractivity contribution in [2.24, 2.45) is 17.3 Å². The summed E-state index contributed by atoms with van der Waals surface area (Å²) in [6.45, 7) is 9.48. The van der Waals surface area contributed by atoms with Gasteiger partial charge >= 0.3 is 221 Å². The number of hydrogen-bond acceptors (Lipinski definition) is 2. The zero-order valence-electron chi connectivity index (χ0n) is 23.1. The number of aliphatic hydroxyl groups is 1. The fourth-order valence-corrected chi connectivity index (χ4v) is 22.8. The van der Waals surface area contributed by atoms with Gasteiger partial charge in [-0.05, 0) is 0 Å². The first-order valence-corrected chi connectivity index (χ1v) is 22.8. The van der Waals surface area contributed by atoms with Crippen LogP contribution < -0.4 is 0 Å². The Labute approximate surface area is 219 Å². The van der Waals surface area contributed by atoms with Crippen LogP contribution in [0, 0.1) is 17.3 Å². The summed E-state index contributed by atoms with van der Waals surface area (Å²) >= 11 is -2.42. The zero-order valence-corrected chi connectivity index (χ0v) is 26.0. The molecular formula is C32H52O2Sn. The molecule has 2 N–H and O–H groups in total. The second-order valence-electron chi connectivity index (χ2n) is 12.7. The Morgan fingerprint density at radius 3 is 2.23 bits per heavy atom. The van der Waals surface area contributed by atoms with Gasteiger partial charge < -0.3 is 0 Å². The Morgan fingerprint density at radius 1 is 0.943 bits per heavy atom. The Hall–Kier alpha value is -0.481. The Kier molecular flexibility index (Phi) is 9.05. The number of hydrogen-bond donors (Lipinski definition) is 2. The van der Waals surface area contributed by atoms with E-state index in [0.29, 0.717) is 23.5 Å². The number of rotatable bonds is 11. The van der Waals surface area contributed by atoms with Gasteiger partial charge in [-0.2, -0.15) is 0 Å². The van der Waals surface area contributed by atoms with E-state index < -0.39 is 24.0 Å². The first-order valence-electron chi connectivity index (χ1n) is 15.1. The van der Waals surface area contributed by atoms with Gasteiger partial charge in [0.05, 0.1) is 0 Å². The van der Waals surface area contributed by atoms with E-state index in [1.165, 1.54) is 82.2 Å². The van der Waals surface area contributed by atoms with E-state index in [0.717, 1.165) is 19.3 Å². The van der Waals surface area contributed by atoms with Gasteiger partial charge in [0.2, 0.25) is 0 Å². The summed E-state index contributed by atoms with van der Waals surface area (Å²) in [5, 5.41) is 22.3. The number of benzene rings is 1. The third kappa shape index (κ3) is 5.40. The maximum absolute atomic E-state index is 12.3. The summed E-state index contributed by atoms with van der Waals surface area (Å²) in [7, 11) is 0. The second-order valence-corrected chi connectivity index (χ2v) is 25.7. The molecule has 0 aliphatic heterocycles. The van der Waals surface area contributed by atoms with Gasteiger partial charge in [0.25, 0.3) is 0 Å². The average Bonchev–Trinajstić information content (AvgIpc) is 3.13. The number of fused-ring (bicyclic) bond motifs is 5. The third-order valence-electron chi connectivity index (χ3n) is 10.7. The van der Waals surface area contributed by atoms with E-state index in [1.807, 2.05) is 12.1 Å². The molecule has 35 heavy (non-hydrogen) atoms. The van der Waals surface area contributed by atoms with Crippen LogP contribution in [0.4, 0.5) is 0 Å². The quantitative estimate of drug-likeness (QED) is 0.254. The number of phenolic OH excluding ortho intramolecular Hbond substituents is 1. The molecule has 4 rings (SSSR count). The van der Waals surface area contributed by atoms with E-state index in [2.05, 4.69) is 43.9 Å². The summed E-state index contributed by atoms with van der Waals surface area (Å²) in [4.78, 5) is 0. The molecule has 1 aromatic carbocycles. The van der Waals surface area contributed by atoms with Crippen molar-refractivity contribution in [1.29, 1.82) is 0 Å². The zero-order chi connectivity index (χ0) is 25.1. The molecule has 0 unspecified atom stereocenters. The Bertz CT molecular complexity index is 857. The minimum absolute atomic E-state index is 0.0109. The predicted octanol–water partition coefficient (Wildman–Crippen LogP) is 8.92. The Balaban J connectivity index is 1.58. The molecule has 0 saturated heterocycles. The molecule has 0 amide bonds. The standard InChI is InChI=1S/C20H25O2.3C4H9.Sn/c1-3-20(22)11-9-18-17-6-4-13-12-14(21)5-7-15(13)16(17)8-10-19(18,20)2;3*1-3-4-2;/h1,3,5,7,12,16-18,21-22H,4,6,8-11H2,2H3;3*1,3-4H2,2H3;/t16-,17+,18+,19+,20+;;;;/m1..../s1. The van der Waals surface area contributed by atoms with Gasteiger partial charge in [-0.25, -0.2) is 0 Å². The van der Waals surface area contributed by atoms with Crippen molar-refractivity contribution in [2.45, 2.75) is 130 Å². The van der Waals surface area contributed by atoms with E-state index >= 15 is 0 Å². The van der Waals surface area contributed by atoms with Crippen molar-refractivity contribution in [3.8, 4) is 5.75 Å². The van der Waals surface area contributed by atoms with Crippen molar-refractivity contribution in [3.63, 3.8) is 0 Å². The Morgan fingerprint density at radius 2 is 1.60 bits per heavy atom. The molecule has 2 nitrogen and oxygen atoms in total. The summed E-state index contributed by atoms with van der Waals surface area (Å²) in [6, 6.07) is 6.09. The van der Waals surface area contributed by atoms with Crippen molar-refractivity contribution in [2.75, 3.05) is 0 Å². The van der Waals surface area contributed by atoms with Crippen LogP contribution in [0.5, 0.6) is 5.75 Å². The summed E-state index contributed by atoms with van der Waals surface area (Å²) in [5.41, 5.74) is 2.24. The van der Waals surface area contributed by atoms with Gasteiger partial charge in [-0.3, -0.25) is 0 Å². The first-order chi connectivity index (χ1) is 16.8. The van der Waals surface area contributed by atoms with Crippen LogP contribution in [0.3, 0.4) is 0 Å². The molecule has 0 spiro atoms. The molecule has 196 valence electrons. The molecule has 0 heterocycles. The van der Waals surface area contributed by atoms with Crippen LogP contribution in [0.25, 0.3) is 0 Å². The van der Waals surface area contributed by atoms with Crippen molar-refractivity contribution >= 4 is 18.4 Å². The monoisotopic (exact) mass is 588 g/mol. The average molecular weight is 587 g/mol. The first kappa shape index (κ1) is 27.6. The van der Waals surface area contributed by atoms with E-state index in [1.54, 1.807) is 0 Å². The molecule has 3 aliphatic rings. The number of phenols is 1. The second kappa shape index (κ2) is 11.5. The molecule has 3 heteroatoms. The van der Waals surface area contributed by atoms with Gasteiger partial charge in [-0.1, -0.05) is 0 Å². The van der Waals surface area contributed by atoms with Gasteiger partial charge in [0.1, 0.15) is 0 Å². The summed E-state index contributed by atoms with van der Waals surface area (Å²) < 4.78 is 7.18. The molecule has 0 radical (unpaired) electrons. The van der Waals surface area contributed by atoms with Crippen LogP contribution in [-0.2, 0) is 6.42 Å². The van der Waals surface area contributed by atoms with Crippen LogP contribution in [0.15, 0.2) is 28.4 Å². The minimum atomic E-state index is -2.42. The topological polar surface area (TPSA) is 40.5 Å². The predicted molar refractivity (Wildman–Crippen MR) is 152 cm³/mol. The molecule has 0 bridgehead atoms. The van der Waals surface area contributed by atoms with E-state index in [-0.39, 0.29) is 5.41 Å². The molecule has 5 atom stereocenters. The van der Waals surface area contributed by atoms with Crippen LogP contribution >= 0.6 is 0 Å². The molecular weight excluding hydrogens is 535 g/mol. The SMILES string of the molecule is CCC[CH2][Sn](/[CH]=C\[C@]1(O)CC[C@H]2[C@H]3CCc4cc(O)ccc4[C@H]3CC[C@@]21C)([CH2]CCC)[CH2]CCC. The molecule has 2 saturated carbocycles. The third-order valence-corrected chi connectivity index (χ3v) is 24.8. The fraction of sp³-hybridized carbons (Fsp3) is 0.750. The van der Waals surface area contributed by atoms with Gasteiger partial charge in [0, 0.05) is 0 Å². The van der Waals surface area contributed by atoms with Crippen LogP contribution in [0.1, 0.15) is 115 Å². The van der Waals surface area contributed by atoms with Crippen LogP contribution in [-0.4, -0.2) is 34.2 Å². The van der Waals surface area contributed by atoms with Crippen molar-refractivity contribution < 1.29 is 10.2 Å². The fourth-order valence-electron chi connectivity index (χ4n) is 8.42. The summed E-state index contributed by atoms with van der Waals surface area (Å²) in [6.07, 6.45) is 17.2. The molecule has 3 aliphatic carbocycles.